The maximum atomic E-state index is 10.8. The van der Waals surface area contributed by atoms with E-state index in [1.54, 1.807) is 19.2 Å². The summed E-state index contributed by atoms with van der Waals surface area (Å²) in [4.78, 5) is 10.4. The van der Waals surface area contributed by atoms with Crippen molar-refractivity contribution in [2.45, 2.75) is 0 Å². The van der Waals surface area contributed by atoms with Crippen molar-refractivity contribution < 1.29 is 14.4 Å². The molecule has 0 N–H and O–H groups in total. The number of nitro groups is 1. The number of benzene rings is 2. The zero-order chi connectivity index (χ0) is 14.1. The molecule has 2 aromatic rings. The van der Waals surface area contributed by atoms with Crippen molar-refractivity contribution in [3.05, 3.63) is 57.6 Å². The number of methoxy groups -OCH3 is 1. The summed E-state index contributed by atoms with van der Waals surface area (Å²) in [5.41, 5.74) is 1.60. The van der Waals surface area contributed by atoms with E-state index < -0.39 is 4.92 Å². The van der Waals surface area contributed by atoms with E-state index in [0.29, 0.717) is 17.2 Å². The Balaban J connectivity index is 2.13. The first-order valence-electron chi connectivity index (χ1n) is 6.00. The topological polar surface area (TPSA) is 61.6 Å². The zero-order valence-corrected chi connectivity index (χ0v) is 10.7. The lowest BCUT2D eigenvalue weighted by Crippen LogP contribution is -1.93. The molecule has 2 aromatic carbocycles. The van der Waals surface area contributed by atoms with Crippen molar-refractivity contribution in [3.8, 4) is 17.2 Å². The minimum Gasteiger partial charge on any atom is -0.496 e. The fraction of sp³-hybridized carbons (Fsp3) is 0.0667. The Labute approximate surface area is 115 Å². The Kier molecular flexibility index (Phi) is 2.87. The third-order valence-electron chi connectivity index (χ3n) is 3.10. The predicted molar refractivity (Wildman–Crippen MR) is 75.1 cm³/mol. The quantitative estimate of drug-likeness (QED) is 0.523. The average Bonchev–Trinajstić information content (AvgIpc) is 2.64. The molecule has 20 heavy (non-hydrogen) atoms. The smallest absolute Gasteiger partial charge is 0.273 e. The number of nitro benzene ring substituents is 1. The summed E-state index contributed by atoms with van der Waals surface area (Å²) < 4.78 is 11.1. The first-order chi connectivity index (χ1) is 9.69. The Morgan fingerprint density at radius 2 is 2.00 bits per heavy atom. The highest BCUT2D eigenvalue weighted by Gasteiger charge is 2.17. The van der Waals surface area contributed by atoms with Crippen LogP contribution in [0.15, 0.2) is 36.4 Å². The molecule has 0 bridgehead atoms. The van der Waals surface area contributed by atoms with Crippen molar-refractivity contribution >= 4 is 17.8 Å². The number of rotatable bonds is 2. The molecule has 0 atom stereocenters. The van der Waals surface area contributed by atoms with E-state index in [2.05, 4.69) is 0 Å². The molecule has 0 saturated carbocycles. The second kappa shape index (κ2) is 4.70. The van der Waals surface area contributed by atoms with Gasteiger partial charge in [-0.2, -0.15) is 0 Å². The summed E-state index contributed by atoms with van der Waals surface area (Å²) in [5.74, 6) is 1.77. The average molecular weight is 269 g/mol. The van der Waals surface area contributed by atoms with Crippen LogP contribution in [0.3, 0.4) is 0 Å². The van der Waals surface area contributed by atoms with Gasteiger partial charge in [0.1, 0.15) is 17.2 Å². The molecule has 5 heteroatoms. The van der Waals surface area contributed by atoms with Gasteiger partial charge in [-0.25, -0.2) is 0 Å². The second-order valence-corrected chi connectivity index (χ2v) is 4.29. The lowest BCUT2D eigenvalue weighted by atomic mass is 10.1. The van der Waals surface area contributed by atoms with Crippen LogP contribution in [-0.2, 0) is 0 Å². The van der Waals surface area contributed by atoms with E-state index in [9.17, 15) is 10.1 Å². The van der Waals surface area contributed by atoms with Crippen LogP contribution in [0, 0.1) is 10.1 Å². The molecule has 0 unspecified atom stereocenters. The van der Waals surface area contributed by atoms with Crippen molar-refractivity contribution in [3.63, 3.8) is 0 Å². The highest BCUT2D eigenvalue weighted by atomic mass is 16.6. The SMILES string of the molecule is COc1cccc2c1C=Cc1ccc([N+](=O)[O-])cc1O2. The van der Waals surface area contributed by atoms with Crippen LogP contribution >= 0.6 is 0 Å². The first-order valence-corrected chi connectivity index (χ1v) is 6.00. The summed E-state index contributed by atoms with van der Waals surface area (Å²) in [6, 6.07) is 10.0. The number of non-ortho nitro benzene ring substituents is 1. The van der Waals surface area contributed by atoms with Crippen LogP contribution in [0.5, 0.6) is 17.2 Å². The first kappa shape index (κ1) is 12.2. The van der Waals surface area contributed by atoms with Crippen molar-refractivity contribution in [2.75, 3.05) is 7.11 Å². The summed E-state index contributed by atoms with van der Waals surface area (Å²) >= 11 is 0. The molecular weight excluding hydrogens is 258 g/mol. The van der Waals surface area contributed by atoms with Gasteiger partial charge >= 0.3 is 0 Å². The second-order valence-electron chi connectivity index (χ2n) is 4.29. The molecule has 100 valence electrons. The van der Waals surface area contributed by atoms with Crippen LogP contribution < -0.4 is 9.47 Å². The molecule has 3 rings (SSSR count). The number of fused-ring (bicyclic) bond motifs is 2. The van der Waals surface area contributed by atoms with Gasteiger partial charge in [0, 0.05) is 11.6 Å². The van der Waals surface area contributed by atoms with Crippen LogP contribution in [0.4, 0.5) is 5.69 Å². The molecule has 0 aliphatic carbocycles. The molecule has 0 fully saturated rings. The highest BCUT2D eigenvalue weighted by Crippen LogP contribution is 2.39. The minimum atomic E-state index is -0.440. The number of hydrogen-bond acceptors (Lipinski definition) is 4. The Morgan fingerprint density at radius 1 is 1.15 bits per heavy atom. The summed E-state index contributed by atoms with van der Waals surface area (Å²) in [6.45, 7) is 0. The largest absolute Gasteiger partial charge is 0.496 e. The molecule has 1 aliphatic heterocycles. The normalized spacial score (nSPS) is 11.8. The maximum absolute atomic E-state index is 10.8. The maximum Gasteiger partial charge on any atom is 0.273 e. The zero-order valence-electron chi connectivity index (χ0n) is 10.7. The Bertz CT molecular complexity index is 722. The summed E-state index contributed by atoms with van der Waals surface area (Å²) in [6.07, 6.45) is 3.74. The van der Waals surface area contributed by atoms with Gasteiger partial charge in [0.05, 0.1) is 23.7 Å². The molecule has 0 amide bonds. The van der Waals surface area contributed by atoms with Crippen LogP contribution in [0.1, 0.15) is 11.1 Å². The molecule has 0 spiro atoms. The number of nitrogens with zero attached hydrogens (tertiary/aromatic N) is 1. The fourth-order valence-electron chi connectivity index (χ4n) is 2.11. The fourth-order valence-corrected chi connectivity index (χ4v) is 2.11. The molecule has 0 radical (unpaired) electrons. The lowest BCUT2D eigenvalue weighted by molar-refractivity contribution is -0.384. The predicted octanol–water partition coefficient (Wildman–Crippen LogP) is 3.88. The Hall–Kier alpha value is -2.82. The molecule has 1 heterocycles. The van der Waals surface area contributed by atoms with Gasteiger partial charge in [-0.3, -0.25) is 10.1 Å². The van der Waals surface area contributed by atoms with E-state index in [0.717, 1.165) is 11.1 Å². The van der Waals surface area contributed by atoms with Gasteiger partial charge in [0.15, 0.2) is 0 Å². The lowest BCUT2D eigenvalue weighted by Gasteiger charge is -2.10. The van der Waals surface area contributed by atoms with Crippen LogP contribution in [0.2, 0.25) is 0 Å². The molecule has 5 nitrogen and oxygen atoms in total. The van der Waals surface area contributed by atoms with Gasteiger partial charge in [0.2, 0.25) is 0 Å². The summed E-state index contributed by atoms with van der Waals surface area (Å²) in [5, 5.41) is 10.8. The van der Waals surface area contributed by atoms with E-state index in [4.69, 9.17) is 9.47 Å². The number of hydrogen-bond donors (Lipinski definition) is 0. The third kappa shape index (κ3) is 1.99. The van der Waals surface area contributed by atoms with Crippen molar-refractivity contribution in [1.29, 1.82) is 0 Å². The molecule has 1 aliphatic rings. The van der Waals surface area contributed by atoms with Crippen molar-refractivity contribution in [2.24, 2.45) is 0 Å². The van der Waals surface area contributed by atoms with Gasteiger partial charge < -0.3 is 9.47 Å². The monoisotopic (exact) mass is 269 g/mol. The molecule has 0 aromatic heterocycles. The minimum absolute atomic E-state index is 0.00324. The summed E-state index contributed by atoms with van der Waals surface area (Å²) in [7, 11) is 1.59. The van der Waals surface area contributed by atoms with Crippen molar-refractivity contribution in [1.82, 2.24) is 0 Å². The van der Waals surface area contributed by atoms with Gasteiger partial charge in [-0.05, 0) is 24.3 Å². The van der Waals surface area contributed by atoms with E-state index in [1.165, 1.54) is 12.1 Å². The van der Waals surface area contributed by atoms with Gasteiger partial charge in [-0.1, -0.05) is 12.1 Å². The van der Waals surface area contributed by atoms with E-state index in [-0.39, 0.29) is 5.69 Å². The van der Waals surface area contributed by atoms with E-state index in [1.807, 2.05) is 24.3 Å². The Morgan fingerprint density at radius 3 is 2.75 bits per heavy atom. The van der Waals surface area contributed by atoms with Gasteiger partial charge in [0.25, 0.3) is 5.69 Å². The molecule has 0 saturated heterocycles. The van der Waals surface area contributed by atoms with Gasteiger partial charge in [-0.15, -0.1) is 0 Å². The third-order valence-corrected chi connectivity index (χ3v) is 3.10. The van der Waals surface area contributed by atoms with Crippen LogP contribution in [0.25, 0.3) is 12.2 Å². The standard InChI is InChI=1S/C15H11NO4/c1-19-13-3-2-4-14-12(13)8-6-10-5-7-11(16(17)18)9-15(10)20-14/h2-9H,1H3. The van der Waals surface area contributed by atoms with Crippen LogP contribution in [-0.4, -0.2) is 12.0 Å². The number of ether oxygens (including phenoxy) is 2. The highest BCUT2D eigenvalue weighted by molar-refractivity contribution is 5.80. The van der Waals surface area contributed by atoms with E-state index >= 15 is 0 Å². The molecular formula is C15H11NO4.